The molecule has 0 aliphatic rings. The van der Waals surface area contributed by atoms with Crippen LogP contribution in [0.5, 0.6) is 0 Å². The van der Waals surface area contributed by atoms with E-state index >= 15 is 0 Å². The Labute approximate surface area is 117 Å². The van der Waals surface area contributed by atoms with Gasteiger partial charge in [0.25, 0.3) is 0 Å². The smallest absolute Gasteiger partial charge is 0.198 e. The average Bonchev–Trinajstić information content (AvgIpc) is 2.98. The highest BCUT2D eigenvalue weighted by molar-refractivity contribution is 5.90. The van der Waals surface area contributed by atoms with Gasteiger partial charge >= 0.3 is 0 Å². The summed E-state index contributed by atoms with van der Waals surface area (Å²) in [5, 5.41) is 4.43. The molecule has 2 aromatic heterocycles. The number of furan rings is 1. The predicted molar refractivity (Wildman–Crippen MR) is 80.6 cm³/mol. The number of nitrogens with one attached hydrogen (secondary N) is 1. The Morgan fingerprint density at radius 3 is 2.70 bits per heavy atom. The summed E-state index contributed by atoms with van der Waals surface area (Å²) in [7, 11) is 0. The molecule has 4 heteroatoms. The summed E-state index contributed by atoms with van der Waals surface area (Å²) in [5.41, 5.74) is 0.917. The van der Waals surface area contributed by atoms with Crippen LogP contribution < -0.4 is 5.32 Å². The monoisotopic (exact) mass is 267 g/mol. The van der Waals surface area contributed by atoms with Gasteiger partial charge in [0.05, 0.1) is 11.8 Å². The first kappa shape index (κ1) is 12.7. The molecule has 102 valence electrons. The maximum atomic E-state index is 5.40. The van der Waals surface area contributed by atoms with Crippen LogP contribution in [0.1, 0.15) is 13.8 Å². The molecule has 0 atom stereocenters. The van der Waals surface area contributed by atoms with Gasteiger partial charge in [0.15, 0.2) is 11.6 Å². The molecule has 0 saturated heterocycles. The van der Waals surface area contributed by atoms with E-state index in [0.29, 0.717) is 17.5 Å². The Hall–Kier alpha value is -2.36. The lowest BCUT2D eigenvalue weighted by atomic mass is 10.2. The van der Waals surface area contributed by atoms with Crippen LogP contribution in [-0.4, -0.2) is 16.5 Å². The van der Waals surface area contributed by atoms with Crippen molar-refractivity contribution in [1.82, 2.24) is 9.97 Å². The van der Waals surface area contributed by atoms with Gasteiger partial charge in [-0.2, -0.15) is 0 Å². The highest BCUT2D eigenvalue weighted by Gasteiger charge is 2.10. The van der Waals surface area contributed by atoms with Gasteiger partial charge in [0.2, 0.25) is 0 Å². The zero-order valence-corrected chi connectivity index (χ0v) is 11.6. The van der Waals surface area contributed by atoms with Crippen molar-refractivity contribution in [3.05, 3.63) is 42.7 Å². The van der Waals surface area contributed by atoms with Crippen molar-refractivity contribution in [3.8, 4) is 11.6 Å². The molecule has 0 saturated carbocycles. The molecule has 0 spiro atoms. The highest BCUT2D eigenvalue weighted by atomic mass is 16.3. The van der Waals surface area contributed by atoms with Gasteiger partial charge in [-0.3, -0.25) is 0 Å². The van der Waals surface area contributed by atoms with Crippen LogP contribution in [-0.2, 0) is 0 Å². The normalized spacial score (nSPS) is 11.2. The van der Waals surface area contributed by atoms with E-state index in [2.05, 4.69) is 29.1 Å². The van der Waals surface area contributed by atoms with E-state index in [-0.39, 0.29) is 0 Å². The van der Waals surface area contributed by atoms with Gasteiger partial charge in [0, 0.05) is 11.9 Å². The summed E-state index contributed by atoms with van der Waals surface area (Å²) in [6, 6.07) is 11.7. The first-order valence-corrected chi connectivity index (χ1v) is 6.78. The summed E-state index contributed by atoms with van der Waals surface area (Å²) >= 11 is 0. The Bertz CT molecular complexity index is 705. The van der Waals surface area contributed by atoms with Crippen LogP contribution in [0.2, 0.25) is 0 Å². The van der Waals surface area contributed by atoms with Gasteiger partial charge in [-0.25, -0.2) is 9.97 Å². The number of hydrogen-bond acceptors (Lipinski definition) is 4. The van der Waals surface area contributed by atoms with Gasteiger partial charge in [-0.1, -0.05) is 26.0 Å². The van der Waals surface area contributed by atoms with Gasteiger partial charge in [0.1, 0.15) is 5.82 Å². The summed E-state index contributed by atoms with van der Waals surface area (Å²) in [6.07, 6.45) is 1.63. The van der Waals surface area contributed by atoms with Crippen LogP contribution in [0.15, 0.2) is 47.1 Å². The van der Waals surface area contributed by atoms with E-state index in [0.717, 1.165) is 23.3 Å². The van der Waals surface area contributed by atoms with Crippen molar-refractivity contribution >= 4 is 16.7 Å². The summed E-state index contributed by atoms with van der Waals surface area (Å²) in [5.74, 6) is 2.70. The van der Waals surface area contributed by atoms with Crippen molar-refractivity contribution in [2.24, 2.45) is 5.92 Å². The maximum absolute atomic E-state index is 5.40. The van der Waals surface area contributed by atoms with Crippen LogP contribution in [0.25, 0.3) is 22.5 Å². The number of anilines is 1. The fourth-order valence-corrected chi connectivity index (χ4v) is 2.03. The zero-order chi connectivity index (χ0) is 13.9. The van der Waals surface area contributed by atoms with Crippen molar-refractivity contribution in [2.45, 2.75) is 13.8 Å². The topological polar surface area (TPSA) is 51.0 Å². The van der Waals surface area contributed by atoms with Gasteiger partial charge in [-0.05, 0) is 30.2 Å². The predicted octanol–water partition coefficient (Wildman–Crippen LogP) is 3.96. The van der Waals surface area contributed by atoms with Crippen LogP contribution in [0.3, 0.4) is 0 Å². The highest BCUT2D eigenvalue weighted by Crippen LogP contribution is 2.25. The minimum absolute atomic E-state index is 0.552. The Balaban J connectivity index is 2.10. The first-order chi connectivity index (χ1) is 9.74. The molecule has 0 unspecified atom stereocenters. The zero-order valence-electron chi connectivity index (χ0n) is 11.6. The molecule has 1 N–H and O–H groups in total. The van der Waals surface area contributed by atoms with Crippen LogP contribution in [0, 0.1) is 5.92 Å². The van der Waals surface area contributed by atoms with Gasteiger partial charge < -0.3 is 9.73 Å². The number of hydrogen-bond donors (Lipinski definition) is 1. The lowest BCUT2D eigenvalue weighted by molar-refractivity contribution is 0.577. The molecule has 4 nitrogen and oxygen atoms in total. The van der Waals surface area contributed by atoms with Crippen molar-refractivity contribution in [2.75, 3.05) is 11.9 Å². The first-order valence-electron chi connectivity index (χ1n) is 6.78. The molecule has 0 radical (unpaired) electrons. The molecule has 3 aromatic rings. The van der Waals surface area contributed by atoms with E-state index in [4.69, 9.17) is 4.42 Å². The number of benzene rings is 1. The molecule has 20 heavy (non-hydrogen) atoms. The summed E-state index contributed by atoms with van der Waals surface area (Å²) in [6.45, 7) is 5.21. The lowest BCUT2D eigenvalue weighted by Gasteiger charge is -2.11. The number of para-hydroxylation sites is 1. The average molecular weight is 267 g/mol. The van der Waals surface area contributed by atoms with Crippen molar-refractivity contribution < 1.29 is 4.42 Å². The van der Waals surface area contributed by atoms with E-state index in [1.54, 1.807) is 6.26 Å². The molecule has 0 bridgehead atoms. The maximum Gasteiger partial charge on any atom is 0.198 e. The molecule has 2 heterocycles. The third-order valence-electron chi connectivity index (χ3n) is 3.02. The summed E-state index contributed by atoms with van der Waals surface area (Å²) in [4.78, 5) is 9.16. The molecule has 0 aliphatic heterocycles. The van der Waals surface area contributed by atoms with E-state index in [1.807, 2.05) is 36.4 Å². The van der Waals surface area contributed by atoms with Gasteiger partial charge in [-0.15, -0.1) is 0 Å². The fourth-order valence-electron chi connectivity index (χ4n) is 2.03. The van der Waals surface area contributed by atoms with E-state index in [1.165, 1.54) is 0 Å². The molecule has 3 rings (SSSR count). The third-order valence-corrected chi connectivity index (χ3v) is 3.02. The lowest BCUT2D eigenvalue weighted by Crippen LogP contribution is -2.10. The molecule has 0 fully saturated rings. The third kappa shape index (κ3) is 2.50. The second kappa shape index (κ2) is 5.33. The molecule has 0 aliphatic carbocycles. The molecular formula is C16H17N3O. The number of fused-ring (bicyclic) bond motifs is 1. The second-order valence-corrected chi connectivity index (χ2v) is 5.17. The molecule has 0 amide bonds. The largest absolute Gasteiger partial charge is 0.461 e. The van der Waals surface area contributed by atoms with E-state index in [9.17, 15) is 0 Å². The van der Waals surface area contributed by atoms with Crippen molar-refractivity contribution in [1.29, 1.82) is 0 Å². The quantitative estimate of drug-likeness (QED) is 0.777. The van der Waals surface area contributed by atoms with Crippen LogP contribution >= 0.6 is 0 Å². The van der Waals surface area contributed by atoms with Crippen molar-refractivity contribution in [3.63, 3.8) is 0 Å². The second-order valence-electron chi connectivity index (χ2n) is 5.17. The summed E-state index contributed by atoms with van der Waals surface area (Å²) < 4.78 is 5.40. The Morgan fingerprint density at radius 2 is 1.95 bits per heavy atom. The fraction of sp³-hybridized carbons (Fsp3) is 0.250. The molecule has 1 aromatic carbocycles. The number of rotatable bonds is 4. The van der Waals surface area contributed by atoms with Crippen LogP contribution in [0.4, 0.5) is 5.82 Å². The van der Waals surface area contributed by atoms with E-state index < -0.39 is 0 Å². The minimum atomic E-state index is 0.552. The molecular weight excluding hydrogens is 250 g/mol. The number of nitrogens with zero attached hydrogens (tertiary/aromatic N) is 2. The minimum Gasteiger partial charge on any atom is -0.461 e. The number of aromatic nitrogens is 2. The standard InChI is InChI=1S/C16H17N3O/c1-11(2)10-17-15-12-6-3-4-7-13(12)18-16(19-15)14-8-5-9-20-14/h3-9,11H,10H2,1-2H3,(H,17,18,19). The Kier molecular flexibility index (Phi) is 3.37. The SMILES string of the molecule is CC(C)CNc1nc(-c2ccco2)nc2ccccc12. The Morgan fingerprint density at radius 1 is 1.10 bits per heavy atom.